The molecule has 162 valence electrons. The molecule has 1 unspecified atom stereocenters. The fraction of sp³-hybridized carbons (Fsp3) is 0.474. The summed E-state index contributed by atoms with van der Waals surface area (Å²) >= 11 is 0. The number of carbonyl (C=O) groups excluding carboxylic acids is 1. The summed E-state index contributed by atoms with van der Waals surface area (Å²) in [5, 5.41) is 3.99. The number of hydrogen-bond donors (Lipinski definition) is 1. The molecule has 0 saturated carbocycles. The molecule has 2 fully saturated rings. The predicted molar refractivity (Wildman–Crippen MR) is 105 cm³/mol. The summed E-state index contributed by atoms with van der Waals surface area (Å²) in [6.07, 6.45) is 0.421. The fourth-order valence-electron chi connectivity index (χ4n) is 3.89. The molecule has 3 heterocycles. The second-order valence-corrected chi connectivity index (χ2v) is 9.54. The molecule has 1 aromatic heterocycles. The van der Waals surface area contributed by atoms with E-state index in [0.29, 0.717) is 36.7 Å². The molecule has 0 bridgehead atoms. The van der Waals surface area contributed by atoms with Crippen LogP contribution in [0.4, 0.5) is 4.39 Å². The monoisotopic (exact) mass is 438 g/mol. The first-order valence-corrected chi connectivity index (χ1v) is 11.0. The molecule has 2 aromatic rings. The van der Waals surface area contributed by atoms with E-state index in [1.54, 1.807) is 18.2 Å². The third-order valence-electron chi connectivity index (χ3n) is 5.68. The molecule has 9 nitrogen and oxygen atoms in total. The van der Waals surface area contributed by atoms with Crippen LogP contribution in [-0.4, -0.2) is 67.5 Å². The Morgan fingerprint density at radius 2 is 1.87 bits per heavy atom. The normalized spacial score (nSPS) is 23.6. The zero-order chi connectivity index (χ0) is 21.4. The van der Waals surface area contributed by atoms with E-state index in [1.165, 1.54) is 20.7 Å². The van der Waals surface area contributed by atoms with Crippen LogP contribution in [0.1, 0.15) is 12.2 Å². The van der Waals surface area contributed by atoms with Crippen molar-refractivity contribution < 1.29 is 26.9 Å². The van der Waals surface area contributed by atoms with Gasteiger partial charge in [-0.15, -0.1) is 0 Å². The molecule has 1 amide bonds. The van der Waals surface area contributed by atoms with Crippen molar-refractivity contribution in [3.05, 3.63) is 41.9 Å². The van der Waals surface area contributed by atoms with E-state index in [1.807, 2.05) is 0 Å². The van der Waals surface area contributed by atoms with Gasteiger partial charge in [0.2, 0.25) is 5.91 Å². The van der Waals surface area contributed by atoms with E-state index in [2.05, 4.69) is 5.16 Å². The number of hydrogen-bond acceptors (Lipinski definition) is 6. The molecular weight excluding hydrogens is 415 g/mol. The van der Waals surface area contributed by atoms with Gasteiger partial charge in [-0.25, -0.2) is 4.39 Å². The van der Waals surface area contributed by atoms with E-state index in [9.17, 15) is 17.6 Å². The fourth-order valence-corrected chi connectivity index (χ4v) is 5.56. The predicted octanol–water partition coefficient (Wildman–Crippen LogP) is 0.778. The molecule has 0 spiro atoms. The zero-order valence-corrected chi connectivity index (χ0v) is 17.1. The highest BCUT2D eigenvalue weighted by atomic mass is 32.2. The number of morpholine rings is 1. The zero-order valence-electron chi connectivity index (χ0n) is 16.3. The van der Waals surface area contributed by atoms with Crippen LogP contribution in [0.15, 0.2) is 34.9 Å². The van der Waals surface area contributed by atoms with Gasteiger partial charge in [0.1, 0.15) is 17.3 Å². The average molecular weight is 438 g/mol. The van der Waals surface area contributed by atoms with Crippen molar-refractivity contribution >= 4 is 16.1 Å². The first-order valence-electron chi connectivity index (χ1n) is 9.65. The van der Waals surface area contributed by atoms with E-state index in [0.717, 1.165) is 0 Å². The van der Waals surface area contributed by atoms with Crippen LogP contribution in [0.2, 0.25) is 0 Å². The largest absolute Gasteiger partial charge is 0.379 e. The summed E-state index contributed by atoms with van der Waals surface area (Å²) in [6, 6.07) is 7.46. The molecule has 2 saturated heterocycles. The van der Waals surface area contributed by atoms with Gasteiger partial charge < -0.3 is 15.0 Å². The van der Waals surface area contributed by atoms with Gasteiger partial charge in [-0.2, -0.15) is 17.0 Å². The van der Waals surface area contributed by atoms with Crippen LogP contribution in [0.3, 0.4) is 0 Å². The minimum absolute atomic E-state index is 0.0192. The van der Waals surface area contributed by atoms with Gasteiger partial charge in [0, 0.05) is 44.2 Å². The second kappa shape index (κ2) is 8.06. The summed E-state index contributed by atoms with van der Waals surface area (Å²) in [5.41, 5.74) is 5.79. The van der Waals surface area contributed by atoms with Gasteiger partial charge >= 0.3 is 0 Å². The van der Waals surface area contributed by atoms with Crippen molar-refractivity contribution in [2.75, 3.05) is 39.4 Å². The smallest absolute Gasteiger partial charge is 0.282 e. The minimum atomic E-state index is -3.70. The lowest BCUT2D eigenvalue weighted by atomic mass is 9.82. The number of rotatable bonds is 6. The third-order valence-corrected chi connectivity index (χ3v) is 7.66. The summed E-state index contributed by atoms with van der Waals surface area (Å²) in [6.45, 7) is 1.43. The highest BCUT2D eigenvalue weighted by Gasteiger charge is 2.49. The first kappa shape index (κ1) is 20.9. The quantitative estimate of drug-likeness (QED) is 0.712. The van der Waals surface area contributed by atoms with Gasteiger partial charge in [0.05, 0.1) is 18.6 Å². The van der Waals surface area contributed by atoms with Crippen LogP contribution in [-0.2, 0) is 26.2 Å². The lowest BCUT2D eigenvalue weighted by molar-refractivity contribution is -0.127. The summed E-state index contributed by atoms with van der Waals surface area (Å²) in [4.78, 5) is 12.4. The van der Waals surface area contributed by atoms with Gasteiger partial charge in [0.25, 0.3) is 10.2 Å². The molecule has 0 radical (unpaired) electrons. The van der Waals surface area contributed by atoms with Crippen molar-refractivity contribution in [2.45, 2.75) is 12.8 Å². The van der Waals surface area contributed by atoms with Gasteiger partial charge in [-0.3, -0.25) is 4.79 Å². The SMILES string of the molecule is NC(=O)C1(Cc2cc(-c3ccc(F)cc3)no2)CCN(S(=O)(=O)N2CCOCC2)C1. The van der Waals surface area contributed by atoms with E-state index < -0.39 is 21.5 Å². The van der Waals surface area contributed by atoms with Crippen molar-refractivity contribution in [1.29, 1.82) is 0 Å². The van der Waals surface area contributed by atoms with Crippen LogP contribution in [0.25, 0.3) is 11.3 Å². The van der Waals surface area contributed by atoms with Gasteiger partial charge in [-0.05, 0) is 30.7 Å². The van der Waals surface area contributed by atoms with Gasteiger partial charge in [0.15, 0.2) is 0 Å². The maximum absolute atomic E-state index is 13.1. The Morgan fingerprint density at radius 1 is 1.17 bits per heavy atom. The molecule has 2 aliphatic heterocycles. The maximum Gasteiger partial charge on any atom is 0.282 e. The summed E-state index contributed by atoms with van der Waals surface area (Å²) in [7, 11) is -3.70. The van der Waals surface area contributed by atoms with Crippen molar-refractivity contribution in [1.82, 2.24) is 13.8 Å². The number of benzene rings is 1. The number of halogens is 1. The Morgan fingerprint density at radius 3 is 2.53 bits per heavy atom. The number of ether oxygens (including phenoxy) is 1. The van der Waals surface area contributed by atoms with E-state index in [4.69, 9.17) is 15.0 Å². The number of primary amides is 1. The number of amides is 1. The maximum atomic E-state index is 13.1. The topological polar surface area (TPSA) is 119 Å². The standard InChI is InChI=1S/C19H23FN4O5S/c20-15-3-1-14(2-4-15)17-11-16(29-22-17)12-19(18(21)25)5-6-24(13-19)30(26,27)23-7-9-28-10-8-23/h1-4,11H,5-10,12-13H2,(H2,21,25). The van der Waals surface area contributed by atoms with Gasteiger partial charge in [-0.1, -0.05) is 5.16 Å². The molecule has 30 heavy (non-hydrogen) atoms. The first-order chi connectivity index (χ1) is 14.3. The van der Waals surface area contributed by atoms with E-state index in [-0.39, 0.29) is 38.4 Å². The number of nitrogens with zero attached hydrogens (tertiary/aromatic N) is 3. The number of nitrogens with two attached hydrogens (primary N) is 1. The molecule has 2 aliphatic rings. The van der Waals surface area contributed by atoms with Crippen molar-refractivity contribution in [3.8, 4) is 11.3 Å². The molecular formula is C19H23FN4O5S. The molecule has 11 heteroatoms. The molecule has 1 aromatic carbocycles. The molecule has 1 atom stereocenters. The molecule has 0 aliphatic carbocycles. The Hall–Kier alpha value is -2.34. The lowest BCUT2D eigenvalue weighted by Crippen LogP contribution is -2.49. The highest BCUT2D eigenvalue weighted by Crippen LogP contribution is 2.37. The lowest BCUT2D eigenvalue weighted by Gasteiger charge is -2.31. The van der Waals surface area contributed by atoms with Crippen LogP contribution in [0, 0.1) is 11.2 Å². The summed E-state index contributed by atoms with van der Waals surface area (Å²) in [5.74, 6) is -0.525. The highest BCUT2D eigenvalue weighted by molar-refractivity contribution is 7.86. The van der Waals surface area contributed by atoms with Crippen LogP contribution >= 0.6 is 0 Å². The number of carbonyl (C=O) groups is 1. The van der Waals surface area contributed by atoms with Crippen molar-refractivity contribution in [2.24, 2.45) is 11.1 Å². The molecule has 2 N–H and O–H groups in total. The Kier molecular flexibility index (Phi) is 5.62. The summed E-state index contributed by atoms with van der Waals surface area (Å²) < 4.78 is 52.3. The van der Waals surface area contributed by atoms with E-state index >= 15 is 0 Å². The Bertz CT molecular complexity index is 1020. The number of aromatic nitrogens is 1. The van der Waals surface area contributed by atoms with Crippen LogP contribution in [0.5, 0.6) is 0 Å². The third kappa shape index (κ3) is 3.97. The molecule has 4 rings (SSSR count). The Labute approximate surface area is 173 Å². The van der Waals surface area contributed by atoms with Crippen LogP contribution < -0.4 is 5.73 Å². The Balaban J connectivity index is 1.52. The minimum Gasteiger partial charge on any atom is -0.379 e. The van der Waals surface area contributed by atoms with Crippen molar-refractivity contribution in [3.63, 3.8) is 0 Å². The second-order valence-electron chi connectivity index (χ2n) is 7.61. The average Bonchev–Trinajstić information content (AvgIpc) is 3.38.